The van der Waals surface area contributed by atoms with Crippen molar-refractivity contribution in [1.29, 1.82) is 0 Å². The fraction of sp³-hybridized carbons (Fsp3) is 0.0556. The molecule has 0 N–H and O–H groups in total. The zero-order valence-electron chi connectivity index (χ0n) is 22.8. The second kappa shape index (κ2) is 8.91. The Labute approximate surface area is 261 Å². The maximum atomic E-state index is 4.71. The van der Waals surface area contributed by atoms with Gasteiger partial charge in [0, 0.05) is 52.1 Å². The Kier molecular flexibility index (Phi) is 5.28. The molecule has 0 amide bonds. The van der Waals surface area contributed by atoms with Gasteiger partial charge in [-0.3, -0.25) is 0 Å². The van der Waals surface area contributed by atoms with Crippen LogP contribution in [0.1, 0.15) is 11.1 Å². The lowest BCUT2D eigenvalue weighted by Gasteiger charge is -2.10. The molecule has 0 aliphatic heterocycles. The Hall–Kier alpha value is -3.68. The van der Waals surface area contributed by atoms with Crippen LogP contribution in [0.2, 0.25) is 0 Å². The van der Waals surface area contributed by atoms with Crippen molar-refractivity contribution >= 4 is 110 Å². The van der Waals surface area contributed by atoms with Gasteiger partial charge in [-0.25, -0.2) is 0 Å². The molecule has 4 aromatic heterocycles. The highest BCUT2D eigenvalue weighted by Gasteiger charge is 2.22. The highest BCUT2D eigenvalue weighted by molar-refractivity contribution is 7.80. The number of aromatic nitrogens is 2. The molecule has 0 radical (unpaired) electrons. The monoisotopic (exact) mass is 612 g/mol. The summed E-state index contributed by atoms with van der Waals surface area (Å²) in [6.45, 7) is 4.28. The van der Waals surface area contributed by atoms with E-state index in [1.807, 2.05) is 22.7 Å². The molecular weight excluding hydrogens is 589 g/mol. The third-order valence-electron chi connectivity index (χ3n) is 8.41. The van der Waals surface area contributed by atoms with E-state index in [9.17, 15) is 0 Å². The van der Waals surface area contributed by atoms with Gasteiger partial charge in [-0.15, -0.1) is 47.9 Å². The van der Waals surface area contributed by atoms with Crippen molar-refractivity contribution in [2.24, 2.45) is 0 Å². The lowest BCUT2D eigenvalue weighted by atomic mass is 10.1. The van der Waals surface area contributed by atoms with Crippen LogP contribution in [0.25, 0.3) is 73.8 Å². The molecule has 202 valence electrons. The first-order valence-electron chi connectivity index (χ1n) is 13.9. The topological polar surface area (TPSA) is 9.86 Å². The van der Waals surface area contributed by atoms with E-state index in [1.54, 1.807) is 0 Å². The molecule has 42 heavy (non-hydrogen) atoms. The molecule has 9 aromatic rings. The molecule has 0 bridgehead atoms. The second-order valence-electron chi connectivity index (χ2n) is 11.1. The van der Waals surface area contributed by atoms with Crippen LogP contribution in [0, 0.1) is 13.8 Å². The van der Waals surface area contributed by atoms with E-state index in [-0.39, 0.29) is 0 Å². The van der Waals surface area contributed by atoms with Crippen LogP contribution in [0.5, 0.6) is 0 Å². The van der Waals surface area contributed by atoms with Gasteiger partial charge in [-0.05, 0) is 74.5 Å². The van der Waals surface area contributed by atoms with Gasteiger partial charge >= 0.3 is 0 Å². The zero-order chi connectivity index (χ0) is 28.3. The Morgan fingerprint density at radius 2 is 0.881 bits per heavy atom. The predicted octanol–water partition coefficient (Wildman–Crippen LogP) is 11.5. The minimum absolute atomic E-state index is 0.974. The molecule has 0 unspecified atom stereocenters. The molecule has 0 aliphatic rings. The second-order valence-corrected chi connectivity index (χ2v) is 14.3. The maximum Gasteiger partial charge on any atom is 0.0728 e. The Balaban J connectivity index is 1.42. The average molecular weight is 613 g/mol. The highest BCUT2D eigenvalue weighted by Crippen LogP contribution is 2.48. The van der Waals surface area contributed by atoms with Gasteiger partial charge in [0.2, 0.25) is 0 Å². The van der Waals surface area contributed by atoms with E-state index in [4.69, 9.17) is 25.3 Å². The summed E-state index contributed by atoms with van der Waals surface area (Å²) in [5.74, 6) is 0. The van der Waals surface area contributed by atoms with Crippen molar-refractivity contribution in [2.75, 3.05) is 0 Å². The number of hydrogen-bond acceptors (Lipinski definition) is 4. The molecule has 0 saturated heterocycles. The molecular formula is C36H24N2S4. The number of thiophene rings is 2. The third-order valence-corrected chi connectivity index (χ3v) is 11.3. The van der Waals surface area contributed by atoms with Gasteiger partial charge in [0.25, 0.3) is 0 Å². The fourth-order valence-electron chi connectivity index (χ4n) is 6.43. The van der Waals surface area contributed by atoms with Crippen molar-refractivity contribution in [3.8, 4) is 11.4 Å². The molecule has 0 fully saturated rings. The number of fused-ring (bicyclic) bond motifs is 10. The van der Waals surface area contributed by atoms with E-state index in [0.717, 1.165) is 9.79 Å². The summed E-state index contributed by atoms with van der Waals surface area (Å²) in [6.07, 6.45) is 0. The number of benzene rings is 5. The minimum Gasteiger partial charge on any atom is -0.308 e. The summed E-state index contributed by atoms with van der Waals surface area (Å²) >= 11 is 13.2. The van der Waals surface area contributed by atoms with Gasteiger partial charge in [-0.1, -0.05) is 47.5 Å². The molecule has 4 heterocycles. The predicted molar refractivity (Wildman–Crippen MR) is 190 cm³/mol. The summed E-state index contributed by atoms with van der Waals surface area (Å²) in [6, 6.07) is 35.6. The average Bonchev–Trinajstić information content (AvgIpc) is 3.69. The number of thiol groups is 2. The number of aryl methyl sites for hydroxylation is 2. The van der Waals surface area contributed by atoms with Gasteiger partial charge in [-0.2, -0.15) is 0 Å². The van der Waals surface area contributed by atoms with Gasteiger partial charge < -0.3 is 9.13 Å². The minimum atomic E-state index is 0.974. The first kappa shape index (κ1) is 24.9. The number of nitrogens with zero attached hydrogens (tertiary/aromatic N) is 2. The normalized spacial score (nSPS) is 12.3. The van der Waals surface area contributed by atoms with Gasteiger partial charge in [0.15, 0.2) is 0 Å². The van der Waals surface area contributed by atoms with E-state index >= 15 is 0 Å². The first-order valence-corrected chi connectivity index (χ1v) is 16.4. The van der Waals surface area contributed by atoms with Crippen LogP contribution < -0.4 is 0 Å². The molecule has 0 atom stereocenters. The number of hydrogen-bond donors (Lipinski definition) is 2. The van der Waals surface area contributed by atoms with Crippen LogP contribution in [0.4, 0.5) is 0 Å². The van der Waals surface area contributed by atoms with Crippen molar-refractivity contribution in [2.45, 2.75) is 23.6 Å². The number of rotatable bonds is 2. The van der Waals surface area contributed by atoms with Crippen molar-refractivity contribution in [3.63, 3.8) is 0 Å². The third kappa shape index (κ3) is 3.47. The summed E-state index contributed by atoms with van der Waals surface area (Å²) in [4.78, 5) is 1.95. The van der Waals surface area contributed by atoms with Crippen LogP contribution in [-0.4, -0.2) is 9.13 Å². The van der Waals surface area contributed by atoms with Crippen molar-refractivity contribution < 1.29 is 0 Å². The lowest BCUT2D eigenvalue weighted by molar-refractivity contribution is 1.18. The zero-order valence-corrected chi connectivity index (χ0v) is 26.3. The summed E-state index contributed by atoms with van der Waals surface area (Å²) in [5.41, 5.74) is 9.82. The van der Waals surface area contributed by atoms with Gasteiger partial charge in [0.1, 0.15) is 0 Å². The molecule has 9 rings (SSSR count). The first-order chi connectivity index (χ1) is 20.4. The Bertz CT molecular complexity index is 2360. The van der Waals surface area contributed by atoms with E-state index in [0.29, 0.717) is 0 Å². The molecule has 2 nitrogen and oxygen atoms in total. The SMILES string of the molecule is Cc1ccc(-n2c3cc(S)ccc3c3sc4cc5c(cc4c32)sc2c3ccc(S)cc3n(-c3ccc(C)cc3)c52)cc1. The van der Waals surface area contributed by atoms with E-state index in [2.05, 4.69) is 120 Å². The maximum absolute atomic E-state index is 4.71. The smallest absolute Gasteiger partial charge is 0.0728 e. The summed E-state index contributed by atoms with van der Waals surface area (Å²) < 4.78 is 10.1. The Morgan fingerprint density at radius 3 is 1.29 bits per heavy atom. The summed E-state index contributed by atoms with van der Waals surface area (Å²) in [5, 5.41) is 5.14. The standard InChI is InChI=1S/C36H24N2S4/c1-19-3-7-21(8-4-19)37-29-15-23(39)11-13-25(29)35-33(37)27-17-32-28(18-31(27)41-35)34-36(42-32)26-14-12-24(40)16-30(26)38(34)22-9-5-20(2)6-10-22/h3-18,39-40H,1-2H3. The van der Waals surface area contributed by atoms with Crippen LogP contribution in [0.15, 0.2) is 107 Å². The van der Waals surface area contributed by atoms with Crippen LogP contribution in [-0.2, 0) is 0 Å². The van der Waals surface area contributed by atoms with Crippen LogP contribution >= 0.6 is 47.9 Å². The summed E-state index contributed by atoms with van der Waals surface area (Å²) in [7, 11) is 0. The van der Waals surface area contributed by atoms with E-state index < -0.39 is 0 Å². The Morgan fingerprint density at radius 1 is 0.476 bits per heavy atom. The van der Waals surface area contributed by atoms with Crippen molar-refractivity contribution in [1.82, 2.24) is 9.13 Å². The quantitative estimate of drug-likeness (QED) is 0.180. The molecule has 0 aliphatic carbocycles. The van der Waals surface area contributed by atoms with E-state index in [1.165, 1.54) is 84.9 Å². The lowest BCUT2D eigenvalue weighted by Crippen LogP contribution is -1.94. The highest BCUT2D eigenvalue weighted by atomic mass is 32.1. The molecule has 0 saturated carbocycles. The molecule has 5 aromatic carbocycles. The van der Waals surface area contributed by atoms with Crippen LogP contribution in [0.3, 0.4) is 0 Å². The largest absolute Gasteiger partial charge is 0.308 e. The molecule has 0 spiro atoms. The molecule has 6 heteroatoms. The van der Waals surface area contributed by atoms with Gasteiger partial charge in [0.05, 0.1) is 31.5 Å². The fourth-order valence-corrected chi connectivity index (χ4v) is 9.31. The van der Waals surface area contributed by atoms with Crippen molar-refractivity contribution in [3.05, 3.63) is 108 Å².